The Bertz CT molecular complexity index is 434. The highest BCUT2D eigenvalue weighted by molar-refractivity contribution is 7.46. The number of carbonyl (C=O) groups excluding carboxylic acids is 2. The molecule has 0 aliphatic heterocycles. The maximum Gasteiger partial charge on any atom is 0.469 e. The number of ether oxygens (including phenoxy) is 2. The molecule has 26 heavy (non-hydrogen) atoms. The second-order valence-electron chi connectivity index (χ2n) is 6.20. The van der Waals surface area contributed by atoms with Gasteiger partial charge in [-0.15, -0.1) is 0 Å². The number of hydrogen-bond acceptors (Lipinski definition) is 6. The number of rotatable bonds is 16. The normalized spacial score (nSPS) is 12.6. The van der Waals surface area contributed by atoms with Gasteiger partial charge in [-0.2, -0.15) is 0 Å². The number of esters is 2. The Hall–Kier alpha value is -0.950. The lowest BCUT2D eigenvalue weighted by molar-refractivity contribution is -0.161. The highest BCUT2D eigenvalue weighted by Gasteiger charge is 2.22. The van der Waals surface area contributed by atoms with E-state index in [2.05, 4.69) is 11.4 Å². The smallest absolute Gasteiger partial charge is 0.462 e. The van der Waals surface area contributed by atoms with E-state index in [1.807, 2.05) is 6.92 Å². The Morgan fingerprint density at radius 1 is 0.846 bits per heavy atom. The SMILES string of the molecule is CCCCCCCCC(=O)O[C@@H](COC(=O)CCCC)COP(=O)(O)O. The monoisotopic (exact) mass is 396 g/mol. The molecule has 0 aliphatic carbocycles. The molecule has 0 aliphatic rings. The summed E-state index contributed by atoms with van der Waals surface area (Å²) in [6.45, 7) is 3.25. The average molecular weight is 396 g/mol. The van der Waals surface area contributed by atoms with E-state index in [-0.39, 0.29) is 19.4 Å². The highest BCUT2D eigenvalue weighted by atomic mass is 31.2. The van der Waals surface area contributed by atoms with Gasteiger partial charge < -0.3 is 19.3 Å². The lowest BCUT2D eigenvalue weighted by Crippen LogP contribution is -2.29. The summed E-state index contributed by atoms with van der Waals surface area (Å²) in [6, 6.07) is 0. The minimum atomic E-state index is -4.70. The van der Waals surface area contributed by atoms with Crippen LogP contribution in [0, 0.1) is 0 Å². The van der Waals surface area contributed by atoms with E-state index < -0.39 is 32.5 Å². The largest absolute Gasteiger partial charge is 0.469 e. The topological polar surface area (TPSA) is 119 Å². The summed E-state index contributed by atoms with van der Waals surface area (Å²) in [4.78, 5) is 41.0. The minimum Gasteiger partial charge on any atom is -0.462 e. The molecule has 0 spiro atoms. The molecule has 0 aromatic heterocycles. The van der Waals surface area contributed by atoms with Crippen molar-refractivity contribution in [3.63, 3.8) is 0 Å². The van der Waals surface area contributed by atoms with Crippen LogP contribution < -0.4 is 0 Å². The third-order valence-electron chi connectivity index (χ3n) is 3.63. The second-order valence-corrected chi connectivity index (χ2v) is 7.44. The summed E-state index contributed by atoms with van der Waals surface area (Å²) >= 11 is 0. The Morgan fingerprint density at radius 3 is 2.04 bits per heavy atom. The zero-order valence-corrected chi connectivity index (χ0v) is 16.7. The van der Waals surface area contributed by atoms with Crippen LogP contribution in [-0.2, 0) is 28.2 Å². The van der Waals surface area contributed by atoms with Crippen LogP contribution >= 0.6 is 7.82 Å². The lowest BCUT2D eigenvalue weighted by atomic mass is 10.1. The molecule has 0 bridgehead atoms. The van der Waals surface area contributed by atoms with E-state index in [1.165, 1.54) is 6.42 Å². The molecule has 0 amide bonds. The van der Waals surface area contributed by atoms with Gasteiger partial charge in [-0.1, -0.05) is 52.4 Å². The van der Waals surface area contributed by atoms with Crippen molar-refractivity contribution in [2.45, 2.75) is 84.2 Å². The standard InChI is InChI=1S/C17H33O8P/c1-3-5-7-8-9-10-12-17(19)25-15(14-24-26(20,21)22)13-23-16(18)11-6-4-2/h15H,3-14H2,1-2H3,(H2,20,21,22)/t15-/m0/s1. The molecule has 0 rings (SSSR count). The quantitative estimate of drug-likeness (QED) is 0.231. The van der Waals surface area contributed by atoms with Crippen molar-refractivity contribution in [1.82, 2.24) is 0 Å². The van der Waals surface area contributed by atoms with Crippen molar-refractivity contribution in [3.8, 4) is 0 Å². The van der Waals surface area contributed by atoms with Crippen LogP contribution in [0.2, 0.25) is 0 Å². The fourth-order valence-corrected chi connectivity index (χ4v) is 2.53. The third kappa shape index (κ3) is 16.5. The molecule has 0 aromatic carbocycles. The Morgan fingerprint density at radius 2 is 1.42 bits per heavy atom. The van der Waals surface area contributed by atoms with Gasteiger partial charge in [0.2, 0.25) is 0 Å². The summed E-state index contributed by atoms with van der Waals surface area (Å²) in [6.07, 6.45) is 7.06. The van der Waals surface area contributed by atoms with Gasteiger partial charge in [0, 0.05) is 12.8 Å². The van der Waals surface area contributed by atoms with Crippen LogP contribution in [0.3, 0.4) is 0 Å². The van der Waals surface area contributed by atoms with Crippen molar-refractivity contribution >= 4 is 19.8 Å². The van der Waals surface area contributed by atoms with Gasteiger partial charge in [0.15, 0.2) is 6.10 Å². The van der Waals surface area contributed by atoms with Gasteiger partial charge in [0.1, 0.15) is 6.61 Å². The predicted molar refractivity (Wildman–Crippen MR) is 96.4 cm³/mol. The maximum absolute atomic E-state index is 11.9. The van der Waals surface area contributed by atoms with Gasteiger partial charge >= 0.3 is 19.8 Å². The highest BCUT2D eigenvalue weighted by Crippen LogP contribution is 2.35. The van der Waals surface area contributed by atoms with Crippen LogP contribution in [0.5, 0.6) is 0 Å². The first kappa shape index (κ1) is 25.1. The van der Waals surface area contributed by atoms with E-state index in [1.54, 1.807) is 0 Å². The molecule has 0 heterocycles. The number of carbonyl (C=O) groups is 2. The third-order valence-corrected chi connectivity index (χ3v) is 4.11. The molecule has 0 saturated heterocycles. The average Bonchev–Trinajstić information content (AvgIpc) is 2.57. The Balaban J connectivity index is 4.25. The molecular formula is C17H33O8P. The summed E-state index contributed by atoms with van der Waals surface area (Å²) in [5.41, 5.74) is 0. The van der Waals surface area contributed by atoms with Gasteiger partial charge in [-0.05, 0) is 12.8 Å². The van der Waals surface area contributed by atoms with Crippen molar-refractivity contribution in [3.05, 3.63) is 0 Å². The van der Waals surface area contributed by atoms with Crippen molar-refractivity contribution in [2.75, 3.05) is 13.2 Å². The summed E-state index contributed by atoms with van der Waals surface area (Å²) in [7, 11) is -4.70. The van der Waals surface area contributed by atoms with Gasteiger partial charge in [-0.25, -0.2) is 4.57 Å². The molecule has 9 heteroatoms. The molecule has 0 fully saturated rings. The summed E-state index contributed by atoms with van der Waals surface area (Å²) < 4.78 is 25.3. The number of unbranched alkanes of at least 4 members (excludes halogenated alkanes) is 6. The number of phosphoric acid groups is 1. The molecule has 2 N–H and O–H groups in total. The first-order valence-corrected chi connectivity index (χ1v) is 10.9. The lowest BCUT2D eigenvalue weighted by Gasteiger charge is -2.18. The van der Waals surface area contributed by atoms with Crippen molar-refractivity contribution in [2.24, 2.45) is 0 Å². The summed E-state index contributed by atoms with van der Waals surface area (Å²) in [5, 5.41) is 0. The van der Waals surface area contributed by atoms with Crippen LogP contribution in [-0.4, -0.2) is 41.0 Å². The zero-order chi connectivity index (χ0) is 19.8. The maximum atomic E-state index is 11.9. The Labute approximate surface area is 155 Å². The van der Waals surface area contributed by atoms with Gasteiger partial charge in [0.05, 0.1) is 6.61 Å². The zero-order valence-electron chi connectivity index (χ0n) is 15.9. The molecule has 8 nitrogen and oxygen atoms in total. The van der Waals surface area contributed by atoms with Gasteiger partial charge in [0.25, 0.3) is 0 Å². The van der Waals surface area contributed by atoms with Crippen LogP contribution in [0.15, 0.2) is 0 Å². The van der Waals surface area contributed by atoms with E-state index in [0.717, 1.165) is 32.1 Å². The van der Waals surface area contributed by atoms with E-state index >= 15 is 0 Å². The molecular weight excluding hydrogens is 363 g/mol. The van der Waals surface area contributed by atoms with Crippen molar-refractivity contribution < 1.29 is 37.9 Å². The van der Waals surface area contributed by atoms with E-state index in [0.29, 0.717) is 12.8 Å². The molecule has 0 unspecified atom stereocenters. The minimum absolute atomic E-state index is 0.211. The molecule has 0 saturated carbocycles. The Kier molecular flexibility index (Phi) is 14.6. The molecule has 0 radical (unpaired) electrons. The van der Waals surface area contributed by atoms with E-state index in [4.69, 9.17) is 19.3 Å². The summed E-state index contributed by atoms with van der Waals surface area (Å²) in [5.74, 6) is -0.940. The van der Waals surface area contributed by atoms with Gasteiger partial charge in [-0.3, -0.25) is 14.1 Å². The van der Waals surface area contributed by atoms with Crippen LogP contribution in [0.1, 0.15) is 78.1 Å². The predicted octanol–water partition coefficient (Wildman–Crippen LogP) is 3.49. The van der Waals surface area contributed by atoms with Crippen LogP contribution in [0.25, 0.3) is 0 Å². The fourth-order valence-electron chi connectivity index (χ4n) is 2.17. The second kappa shape index (κ2) is 15.1. The molecule has 154 valence electrons. The van der Waals surface area contributed by atoms with Crippen molar-refractivity contribution in [1.29, 1.82) is 0 Å². The first-order valence-electron chi connectivity index (χ1n) is 9.33. The number of phosphoric ester groups is 1. The first-order chi connectivity index (χ1) is 12.3. The van der Waals surface area contributed by atoms with Crippen LogP contribution in [0.4, 0.5) is 0 Å². The number of hydrogen-bond donors (Lipinski definition) is 2. The molecule has 0 aromatic rings. The fraction of sp³-hybridized carbons (Fsp3) is 0.882. The van der Waals surface area contributed by atoms with E-state index in [9.17, 15) is 14.2 Å². The molecule has 1 atom stereocenters.